The first-order valence-corrected chi connectivity index (χ1v) is 6.90. The SMILES string of the molecule is Cc1cc(Br)cnc1N1CCC(N(C)C)CC1. The molecule has 0 bridgehead atoms. The smallest absolute Gasteiger partial charge is 0.131 e. The van der Waals surface area contributed by atoms with E-state index in [2.05, 4.69) is 57.8 Å². The molecule has 0 radical (unpaired) electrons. The molecule has 1 aliphatic heterocycles. The van der Waals surface area contributed by atoms with Gasteiger partial charge in [0.2, 0.25) is 0 Å². The number of pyridine rings is 1. The van der Waals surface area contributed by atoms with Crippen molar-refractivity contribution in [2.45, 2.75) is 25.8 Å². The molecule has 4 heteroatoms. The third kappa shape index (κ3) is 2.99. The van der Waals surface area contributed by atoms with Gasteiger partial charge in [-0.2, -0.15) is 0 Å². The monoisotopic (exact) mass is 297 g/mol. The van der Waals surface area contributed by atoms with Crippen molar-refractivity contribution in [2.75, 3.05) is 32.1 Å². The van der Waals surface area contributed by atoms with Crippen molar-refractivity contribution in [2.24, 2.45) is 0 Å². The van der Waals surface area contributed by atoms with Crippen LogP contribution in [0.1, 0.15) is 18.4 Å². The molecule has 1 aromatic rings. The van der Waals surface area contributed by atoms with Gasteiger partial charge in [-0.15, -0.1) is 0 Å². The zero-order chi connectivity index (χ0) is 12.4. The fraction of sp³-hybridized carbons (Fsp3) is 0.615. The Labute approximate surface area is 112 Å². The zero-order valence-corrected chi connectivity index (χ0v) is 12.4. The lowest BCUT2D eigenvalue weighted by Gasteiger charge is -2.36. The molecule has 0 spiro atoms. The van der Waals surface area contributed by atoms with Gasteiger partial charge in [0.15, 0.2) is 0 Å². The highest BCUT2D eigenvalue weighted by Crippen LogP contribution is 2.24. The van der Waals surface area contributed by atoms with Crippen LogP contribution in [-0.2, 0) is 0 Å². The highest BCUT2D eigenvalue weighted by Gasteiger charge is 2.22. The first-order chi connectivity index (χ1) is 8.08. The maximum atomic E-state index is 4.54. The summed E-state index contributed by atoms with van der Waals surface area (Å²) >= 11 is 3.46. The number of hydrogen-bond acceptors (Lipinski definition) is 3. The summed E-state index contributed by atoms with van der Waals surface area (Å²) in [5.41, 5.74) is 1.25. The summed E-state index contributed by atoms with van der Waals surface area (Å²) in [6.45, 7) is 4.35. The summed E-state index contributed by atoms with van der Waals surface area (Å²) in [7, 11) is 4.34. The fourth-order valence-electron chi connectivity index (χ4n) is 2.46. The van der Waals surface area contributed by atoms with E-state index in [1.165, 1.54) is 18.4 Å². The highest BCUT2D eigenvalue weighted by atomic mass is 79.9. The van der Waals surface area contributed by atoms with Crippen LogP contribution < -0.4 is 4.90 Å². The van der Waals surface area contributed by atoms with Crippen molar-refractivity contribution < 1.29 is 0 Å². The molecule has 0 atom stereocenters. The quantitative estimate of drug-likeness (QED) is 0.837. The van der Waals surface area contributed by atoms with E-state index in [9.17, 15) is 0 Å². The summed E-state index contributed by atoms with van der Waals surface area (Å²) < 4.78 is 1.06. The molecule has 17 heavy (non-hydrogen) atoms. The van der Waals surface area contributed by atoms with E-state index >= 15 is 0 Å². The maximum Gasteiger partial charge on any atom is 0.131 e. The van der Waals surface area contributed by atoms with E-state index in [1.807, 2.05) is 6.20 Å². The molecular weight excluding hydrogens is 278 g/mol. The normalized spacial score (nSPS) is 17.8. The Morgan fingerprint density at radius 3 is 2.53 bits per heavy atom. The van der Waals surface area contributed by atoms with E-state index in [0.29, 0.717) is 0 Å². The van der Waals surface area contributed by atoms with Gasteiger partial charge in [0.1, 0.15) is 5.82 Å². The molecule has 1 aromatic heterocycles. The van der Waals surface area contributed by atoms with Crippen molar-refractivity contribution in [3.8, 4) is 0 Å². The van der Waals surface area contributed by atoms with Gasteiger partial charge in [-0.25, -0.2) is 4.98 Å². The Kier molecular flexibility index (Phi) is 4.05. The summed E-state index contributed by atoms with van der Waals surface area (Å²) in [5, 5.41) is 0. The summed E-state index contributed by atoms with van der Waals surface area (Å²) in [4.78, 5) is 9.27. The van der Waals surface area contributed by atoms with Crippen molar-refractivity contribution >= 4 is 21.7 Å². The first-order valence-electron chi connectivity index (χ1n) is 6.11. The van der Waals surface area contributed by atoms with Crippen molar-refractivity contribution in [3.63, 3.8) is 0 Å². The predicted octanol–water partition coefficient (Wildman–Crippen LogP) is 2.68. The van der Waals surface area contributed by atoms with Crippen LogP contribution in [0, 0.1) is 6.92 Å². The zero-order valence-electron chi connectivity index (χ0n) is 10.8. The van der Waals surface area contributed by atoms with Gasteiger partial charge in [-0.05, 0) is 61.4 Å². The molecular formula is C13H20BrN3. The molecule has 1 saturated heterocycles. The van der Waals surface area contributed by atoms with Crippen LogP contribution in [0.5, 0.6) is 0 Å². The Hall–Kier alpha value is -0.610. The van der Waals surface area contributed by atoms with Crippen LogP contribution in [-0.4, -0.2) is 43.1 Å². The van der Waals surface area contributed by atoms with Crippen molar-refractivity contribution in [3.05, 3.63) is 22.3 Å². The van der Waals surface area contributed by atoms with E-state index in [4.69, 9.17) is 0 Å². The second-order valence-corrected chi connectivity index (χ2v) is 5.89. The standard InChI is InChI=1S/C13H20BrN3/c1-10-8-11(14)9-15-13(10)17-6-4-12(5-7-17)16(2)3/h8-9,12H,4-7H2,1-3H3. The topological polar surface area (TPSA) is 19.4 Å². The number of hydrogen-bond donors (Lipinski definition) is 0. The third-order valence-electron chi connectivity index (χ3n) is 3.51. The molecule has 0 aliphatic carbocycles. The Bertz CT molecular complexity index is 384. The predicted molar refractivity (Wildman–Crippen MR) is 75.6 cm³/mol. The number of aromatic nitrogens is 1. The molecule has 0 aromatic carbocycles. The Morgan fingerprint density at radius 1 is 1.35 bits per heavy atom. The van der Waals surface area contributed by atoms with Crippen LogP contribution in [0.15, 0.2) is 16.7 Å². The highest BCUT2D eigenvalue weighted by molar-refractivity contribution is 9.10. The molecule has 0 unspecified atom stereocenters. The fourth-order valence-corrected chi connectivity index (χ4v) is 2.90. The van der Waals surface area contributed by atoms with Crippen LogP contribution in [0.3, 0.4) is 0 Å². The number of piperidine rings is 1. The number of halogens is 1. The average molecular weight is 298 g/mol. The van der Waals surface area contributed by atoms with Crippen molar-refractivity contribution in [1.29, 1.82) is 0 Å². The van der Waals surface area contributed by atoms with Gasteiger partial charge in [0.05, 0.1) is 0 Å². The van der Waals surface area contributed by atoms with Crippen molar-refractivity contribution in [1.82, 2.24) is 9.88 Å². The molecule has 1 aliphatic rings. The van der Waals surface area contributed by atoms with Gasteiger partial charge in [-0.1, -0.05) is 0 Å². The van der Waals surface area contributed by atoms with Gasteiger partial charge >= 0.3 is 0 Å². The van der Waals surface area contributed by atoms with E-state index < -0.39 is 0 Å². The lowest BCUT2D eigenvalue weighted by molar-refractivity contribution is 0.249. The molecule has 1 fully saturated rings. The average Bonchev–Trinajstić information content (AvgIpc) is 2.29. The molecule has 94 valence electrons. The van der Waals surface area contributed by atoms with Gasteiger partial charge < -0.3 is 9.80 Å². The number of nitrogens with zero attached hydrogens (tertiary/aromatic N) is 3. The van der Waals surface area contributed by atoms with E-state index in [-0.39, 0.29) is 0 Å². The van der Waals surface area contributed by atoms with Crippen LogP contribution >= 0.6 is 15.9 Å². The summed E-state index contributed by atoms with van der Waals surface area (Å²) in [6.07, 6.45) is 4.34. The molecule has 3 nitrogen and oxygen atoms in total. The van der Waals surface area contributed by atoms with Crippen LogP contribution in [0.4, 0.5) is 5.82 Å². The Balaban J connectivity index is 2.05. The molecule has 0 saturated carbocycles. The van der Waals surface area contributed by atoms with Gasteiger partial charge in [0, 0.05) is 29.8 Å². The number of rotatable bonds is 2. The second-order valence-electron chi connectivity index (χ2n) is 4.98. The second kappa shape index (κ2) is 5.36. The molecule has 2 heterocycles. The molecule has 2 rings (SSSR count). The minimum atomic E-state index is 0.724. The Morgan fingerprint density at radius 2 is 2.00 bits per heavy atom. The summed E-state index contributed by atoms with van der Waals surface area (Å²) in [6, 6.07) is 2.86. The maximum absolute atomic E-state index is 4.54. The first kappa shape index (κ1) is 12.8. The van der Waals surface area contributed by atoms with E-state index in [1.54, 1.807) is 0 Å². The largest absolute Gasteiger partial charge is 0.356 e. The lowest BCUT2D eigenvalue weighted by Crippen LogP contribution is -2.42. The van der Waals surface area contributed by atoms with Gasteiger partial charge in [-0.3, -0.25) is 0 Å². The molecule has 0 amide bonds. The number of aryl methyl sites for hydroxylation is 1. The van der Waals surface area contributed by atoms with E-state index in [0.717, 1.165) is 29.4 Å². The van der Waals surface area contributed by atoms with Crippen LogP contribution in [0.2, 0.25) is 0 Å². The molecule has 0 N–H and O–H groups in total. The minimum Gasteiger partial charge on any atom is -0.356 e. The number of anilines is 1. The van der Waals surface area contributed by atoms with Crippen LogP contribution in [0.25, 0.3) is 0 Å². The lowest BCUT2D eigenvalue weighted by atomic mass is 10.0. The van der Waals surface area contributed by atoms with Gasteiger partial charge in [0.25, 0.3) is 0 Å². The minimum absolute atomic E-state index is 0.724. The third-order valence-corrected chi connectivity index (χ3v) is 3.95. The summed E-state index contributed by atoms with van der Waals surface area (Å²) in [5.74, 6) is 1.14.